The molecular weight excluding hydrogens is 272 g/mol. The van der Waals surface area contributed by atoms with Gasteiger partial charge in [-0.05, 0) is 25.0 Å². The fourth-order valence-corrected chi connectivity index (χ4v) is 3.02. The largest absolute Gasteiger partial charge is 0.467 e. The number of carbonyl (C=O) groups is 3. The van der Waals surface area contributed by atoms with Crippen LogP contribution in [0.2, 0.25) is 0 Å². The van der Waals surface area contributed by atoms with E-state index in [2.05, 4.69) is 0 Å². The summed E-state index contributed by atoms with van der Waals surface area (Å²) in [6.07, 6.45) is 1.15. The predicted octanol–water partition coefficient (Wildman–Crippen LogP) is 1.27. The Hall–Kier alpha value is -2.37. The van der Waals surface area contributed by atoms with Crippen molar-refractivity contribution in [2.75, 3.05) is 13.7 Å². The van der Waals surface area contributed by atoms with Gasteiger partial charge in [-0.15, -0.1) is 0 Å². The molecule has 6 heteroatoms. The minimum absolute atomic E-state index is 0.161. The van der Waals surface area contributed by atoms with Crippen LogP contribution in [0.1, 0.15) is 23.2 Å². The van der Waals surface area contributed by atoms with Gasteiger partial charge in [-0.3, -0.25) is 9.69 Å². The zero-order chi connectivity index (χ0) is 15.0. The Morgan fingerprint density at radius 2 is 1.90 bits per heavy atom. The maximum absolute atomic E-state index is 12.5. The number of imide groups is 1. The molecule has 2 fully saturated rings. The lowest BCUT2D eigenvalue weighted by Gasteiger charge is -2.28. The predicted molar refractivity (Wildman–Crippen MR) is 73.5 cm³/mol. The first-order chi connectivity index (χ1) is 10.1. The van der Waals surface area contributed by atoms with E-state index < -0.39 is 18.0 Å². The average Bonchev–Trinajstić information content (AvgIpc) is 2.78. The van der Waals surface area contributed by atoms with Crippen LogP contribution >= 0.6 is 0 Å². The summed E-state index contributed by atoms with van der Waals surface area (Å²) in [6.45, 7) is 0.400. The molecule has 2 heterocycles. The first kappa shape index (κ1) is 13.6. The molecule has 0 N–H and O–H groups in total. The maximum atomic E-state index is 12.5. The first-order valence-corrected chi connectivity index (χ1v) is 6.90. The lowest BCUT2D eigenvalue weighted by molar-refractivity contribution is -0.146. The van der Waals surface area contributed by atoms with Crippen LogP contribution in [0.15, 0.2) is 30.3 Å². The van der Waals surface area contributed by atoms with Gasteiger partial charge in [0.25, 0.3) is 5.91 Å². The van der Waals surface area contributed by atoms with E-state index in [-0.39, 0.29) is 11.9 Å². The molecule has 0 spiro atoms. The molecule has 1 aromatic carbocycles. The van der Waals surface area contributed by atoms with Crippen molar-refractivity contribution in [3.63, 3.8) is 0 Å². The van der Waals surface area contributed by atoms with Crippen molar-refractivity contribution in [1.29, 1.82) is 0 Å². The topological polar surface area (TPSA) is 66.9 Å². The van der Waals surface area contributed by atoms with Crippen LogP contribution in [-0.2, 0) is 9.53 Å². The fraction of sp³-hybridized carbons (Fsp3) is 0.400. The number of benzene rings is 1. The van der Waals surface area contributed by atoms with Crippen LogP contribution in [0.5, 0.6) is 0 Å². The van der Waals surface area contributed by atoms with E-state index in [1.807, 2.05) is 6.07 Å². The molecule has 3 rings (SSSR count). The molecule has 2 saturated heterocycles. The Balaban J connectivity index is 1.85. The normalized spacial score (nSPS) is 24.1. The molecule has 2 aliphatic rings. The summed E-state index contributed by atoms with van der Waals surface area (Å²) in [5.41, 5.74) is 0.481. The second-order valence-electron chi connectivity index (χ2n) is 5.25. The summed E-state index contributed by atoms with van der Waals surface area (Å²) in [6, 6.07) is 7.57. The number of amides is 3. The Morgan fingerprint density at radius 3 is 2.57 bits per heavy atom. The number of urea groups is 1. The molecule has 0 saturated carbocycles. The summed E-state index contributed by atoms with van der Waals surface area (Å²) in [5.74, 6) is -0.727. The van der Waals surface area contributed by atoms with Gasteiger partial charge >= 0.3 is 12.0 Å². The van der Waals surface area contributed by atoms with Gasteiger partial charge in [-0.25, -0.2) is 9.59 Å². The van der Waals surface area contributed by atoms with E-state index in [9.17, 15) is 14.4 Å². The number of fused-ring (bicyclic) bond motifs is 2. The lowest BCUT2D eigenvalue weighted by atomic mass is 10.0. The highest BCUT2D eigenvalue weighted by molar-refractivity contribution is 6.06. The SMILES string of the molecule is COC(=O)[C@@H]1CC[C@@H]2CN1C(=O)N2C(=O)c1ccccc1. The Morgan fingerprint density at radius 1 is 1.19 bits per heavy atom. The Kier molecular flexibility index (Phi) is 3.37. The molecule has 0 unspecified atom stereocenters. The highest BCUT2D eigenvalue weighted by atomic mass is 16.5. The van der Waals surface area contributed by atoms with Gasteiger partial charge in [0.05, 0.1) is 13.2 Å². The third kappa shape index (κ3) is 2.16. The number of esters is 1. The smallest absolute Gasteiger partial charge is 0.328 e. The van der Waals surface area contributed by atoms with Crippen LogP contribution < -0.4 is 0 Å². The molecule has 110 valence electrons. The van der Waals surface area contributed by atoms with Gasteiger partial charge < -0.3 is 9.64 Å². The van der Waals surface area contributed by atoms with E-state index in [1.165, 1.54) is 16.9 Å². The Bertz CT molecular complexity index is 587. The van der Waals surface area contributed by atoms with E-state index in [0.717, 1.165) is 0 Å². The highest BCUT2D eigenvalue weighted by Gasteiger charge is 2.49. The average molecular weight is 288 g/mol. The van der Waals surface area contributed by atoms with Crippen molar-refractivity contribution in [2.24, 2.45) is 0 Å². The van der Waals surface area contributed by atoms with Gasteiger partial charge in [0.15, 0.2) is 0 Å². The number of ether oxygens (including phenoxy) is 1. The van der Waals surface area contributed by atoms with Gasteiger partial charge in [0.1, 0.15) is 6.04 Å². The molecule has 3 amide bonds. The van der Waals surface area contributed by atoms with E-state index >= 15 is 0 Å². The van der Waals surface area contributed by atoms with Crippen molar-refractivity contribution in [1.82, 2.24) is 9.80 Å². The second-order valence-corrected chi connectivity index (χ2v) is 5.25. The van der Waals surface area contributed by atoms with Crippen molar-refractivity contribution < 1.29 is 19.1 Å². The zero-order valence-electron chi connectivity index (χ0n) is 11.7. The third-order valence-corrected chi connectivity index (χ3v) is 4.09. The minimum atomic E-state index is -0.577. The van der Waals surface area contributed by atoms with E-state index in [4.69, 9.17) is 4.74 Å². The quantitative estimate of drug-likeness (QED) is 0.769. The van der Waals surface area contributed by atoms with Crippen molar-refractivity contribution in [3.8, 4) is 0 Å². The number of hydrogen-bond donors (Lipinski definition) is 0. The van der Waals surface area contributed by atoms with Crippen LogP contribution in [-0.4, -0.2) is 53.4 Å². The summed E-state index contributed by atoms with van der Waals surface area (Å²) in [4.78, 5) is 39.4. The van der Waals surface area contributed by atoms with Crippen LogP contribution in [0.25, 0.3) is 0 Å². The molecule has 0 aromatic heterocycles. The number of methoxy groups -OCH3 is 1. The van der Waals surface area contributed by atoms with Crippen LogP contribution in [0.4, 0.5) is 4.79 Å². The lowest BCUT2D eigenvalue weighted by Crippen LogP contribution is -2.45. The van der Waals surface area contributed by atoms with E-state index in [1.54, 1.807) is 24.3 Å². The highest BCUT2D eigenvalue weighted by Crippen LogP contribution is 2.31. The zero-order valence-corrected chi connectivity index (χ0v) is 11.7. The number of piperidine rings is 1. The Labute approximate surface area is 122 Å². The minimum Gasteiger partial charge on any atom is -0.467 e. The molecule has 2 bridgehead atoms. The van der Waals surface area contributed by atoms with Crippen molar-refractivity contribution in [3.05, 3.63) is 35.9 Å². The molecule has 0 aliphatic carbocycles. The summed E-state index contributed by atoms with van der Waals surface area (Å²) < 4.78 is 4.73. The summed E-state index contributed by atoms with van der Waals surface area (Å²) in [7, 11) is 1.31. The van der Waals surface area contributed by atoms with Gasteiger partial charge in [-0.1, -0.05) is 18.2 Å². The molecule has 2 atom stereocenters. The number of hydrogen-bond acceptors (Lipinski definition) is 4. The third-order valence-electron chi connectivity index (χ3n) is 4.09. The second kappa shape index (κ2) is 5.20. The summed E-state index contributed by atoms with van der Waals surface area (Å²) >= 11 is 0. The van der Waals surface area contributed by atoms with Crippen LogP contribution in [0.3, 0.4) is 0 Å². The van der Waals surface area contributed by atoms with Crippen molar-refractivity contribution in [2.45, 2.75) is 24.9 Å². The standard InChI is InChI=1S/C15H16N2O4/c1-21-14(19)12-8-7-11-9-16(12)15(20)17(11)13(18)10-5-3-2-4-6-10/h2-6,11-12H,7-9H2,1H3/t11-,12+/m1/s1. The summed E-state index contributed by atoms with van der Waals surface area (Å²) in [5, 5.41) is 0. The molecule has 21 heavy (non-hydrogen) atoms. The van der Waals surface area contributed by atoms with E-state index in [0.29, 0.717) is 24.9 Å². The molecule has 1 aromatic rings. The maximum Gasteiger partial charge on any atom is 0.328 e. The van der Waals surface area contributed by atoms with Gasteiger partial charge in [-0.2, -0.15) is 0 Å². The van der Waals surface area contributed by atoms with Crippen molar-refractivity contribution >= 4 is 17.9 Å². The monoisotopic (exact) mass is 288 g/mol. The van der Waals surface area contributed by atoms with Gasteiger partial charge in [0, 0.05) is 12.1 Å². The number of rotatable bonds is 2. The molecule has 0 radical (unpaired) electrons. The fourth-order valence-electron chi connectivity index (χ4n) is 3.02. The number of carbonyl (C=O) groups excluding carboxylic acids is 3. The molecular formula is C15H16N2O4. The number of nitrogens with zero attached hydrogens (tertiary/aromatic N) is 2. The van der Waals surface area contributed by atoms with Crippen LogP contribution in [0, 0.1) is 0 Å². The molecule has 6 nitrogen and oxygen atoms in total. The van der Waals surface area contributed by atoms with Gasteiger partial charge in [0.2, 0.25) is 0 Å². The molecule has 2 aliphatic heterocycles. The first-order valence-electron chi connectivity index (χ1n) is 6.90.